The largest absolute Gasteiger partial charge is 0.475 e. The number of hydrogen-bond donors (Lipinski definition) is 2. The number of nitrogens with one attached hydrogen (secondary N) is 1. The number of hydrogen-bond acceptors (Lipinski definition) is 4. The first-order chi connectivity index (χ1) is 10.1. The Labute approximate surface area is 121 Å². The number of benzene rings is 1. The Balaban J connectivity index is 1.69. The molecule has 108 valence electrons. The van der Waals surface area contributed by atoms with E-state index in [-0.39, 0.29) is 5.76 Å². The third-order valence-corrected chi connectivity index (χ3v) is 3.35. The molecule has 21 heavy (non-hydrogen) atoms. The van der Waals surface area contributed by atoms with Crippen molar-refractivity contribution in [3.63, 3.8) is 0 Å². The maximum Gasteiger partial charge on any atom is 0.371 e. The fourth-order valence-electron chi connectivity index (χ4n) is 2.22. The molecular formula is C15H15N3O3. The SMILES string of the molecule is Cn1nccc1CNCc1ccc2oc(C(=O)O)cc2c1. The average molecular weight is 285 g/mol. The van der Waals surface area contributed by atoms with Crippen molar-refractivity contribution in [2.24, 2.45) is 7.05 Å². The number of carboxylic acid groups (broad SMARTS) is 1. The molecule has 0 bridgehead atoms. The smallest absolute Gasteiger partial charge is 0.371 e. The van der Waals surface area contributed by atoms with E-state index in [0.717, 1.165) is 23.2 Å². The molecule has 2 heterocycles. The van der Waals surface area contributed by atoms with Crippen LogP contribution in [0.1, 0.15) is 21.8 Å². The minimum absolute atomic E-state index is 0.0370. The monoisotopic (exact) mass is 285 g/mol. The summed E-state index contributed by atoms with van der Waals surface area (Å²) in [7, 11) is 1.90. The van der Waals surface area contributed by atoms with Gasteiger partial charge in [-0.05, 0) is 29.8 Å². The fourth-order valence-corrected chi connectivity index (χ4v) is 2.22. The summed E-state index contributed by atoms with van der Waals surface area (Å²) in [6.07, 6.45) is 1.77. The molecule has 0 aliphatic carbocycles. The van der Waals surface area contributed by atoms with Gasteiger partial charge in [-0.1, -0.05) is 6.07 Å². The van der Waals surface area contributed by atoms with Crippen molar-refractivity contribution in [1.29, 1.82) is 0 Å². The van der Waals surface area contributed by atoms with Gasteiger partial charge in [0.25, 0.3) is 0 Å². The molecule has 0 saturated carbocycles. The minimum Gasteiger partial charge on any atom is -0.475 e. The Bertz CT molecular complexity index is 788. The quantitative estimate of drug-likeness (QED) is 0.751. The third-order valence-electron chi connectivity index (χ3n) is 3.35. The molecule has 2 aromatic heterocycles. The van der Waals surface area contributed by atoms with E-state index in [2.05, 4.69) is 10.4 Å². The first-order valence-electron chi connectivity index (χ1n) is 6.57. The summed E-state index contributed by atoms with van der Waals surface area (Å²) >= 11 is 0. The van der Waals surface area contributed by atoms with Gasteiger partial charge in [-0.25, -0.2) is 4.79 Å². The molecule has 0 aliphatic heterocycles. The molecule has 0 atom stereocenters. The van der Waals surface area contributed by atoms with Gasteiger partial charge in [-0.15, -0.1) is 0 Å². The first-order valence-corrected chi connectivity index (χ1v) is 6.57. The number of rotatable bonds is 5. The van der Waals surface area contributed by atoms with Crippen LogP contribution in [0.3, 0.4) is 0 Å². The lowest BCUT2D eigenvalue weighted by Crippen LogP contribution is -2.15. The molecule has 3 aromatic rings. The van der Waals surface area contributed by atoms with E-state index in [9.17, 15) is 4.79 Å². The van der Waals surface area contributed by atoms with Crippen molar-refractivity contribution in [2.75, 3.05) is 0 Å². The number of furan rings is 1. The van der Waals surface area contributed by atoms with Crippen LogP contribution in [0, 0.1) is 0 Å². The zero-order valence-electron chi connectivity index (χ0n) is 11.5. The van der Waals surface area contributed by atoms with Gasteiger partial charge in [0.15, 0.2) is 0 Å². The highest BCUT2D eigenvalue weighted by Crippen LogP contribution is 2.20. The van der Waals surface area contributed by atoms with Gasteiger partial charge < -0.3 is 14.8 Å². The first kappa shape index (κ1) is 13.4. The summed E-state index contributed by atoms with van der Waals surface area (Å²) in [5.74, 6) is -1.09. The second-order valence-corrected chi connectivity index (χ2v) is 4.84. The van der Waals surface area contributed by atoms with Crippen LogP contribution in [0.25, 0.3) is 11.0 Å². The van der Waals surface area contributed by atoms with E-state index in [4.69, 9.17) is 9.52 Å². The van der Waals surface area contributed by atoms with Gasteiger partial charge >= 0.3 is 5.97 Å². The Morgan fingerprint density at radius 2 is 2.19 bits per heavy atom. The van der Waals surface area contributed by atoms with Crippen LogP contribution >= 0.6 is 0 Å². The number of fused-ring (bicyclic) bond motifs is 1. The number of nitrogens with zero attached hydrogens (tertiary/aromatic N) is 2. The van der Waals surface area contributed by atoms with Crippen molar-refractivity contribution in [3.8, 4) is 0 Å². The van der Waals surface area contributed by atoms with Crippen molar-refractivity contribution in [1.82, 2.24) is 15.1 Å². The van der Waals surface area contributed by atoms with Crippen molar-refractivity contribution >= 4 is 16.9 Å². The summed E-state index contributed by atoms with van der Waals surface area (Å²) in [5.41, 5.74) is 2.76. The van der Waals surface area contributed by atoms with Gasteiger partial charge in [-0.3, -0.25) is 4.68 Å². The van der Waals surface area contributed by atoms with E-state index < -0.39 is 5.97 Å². The van der Waals surface area contributed by atoms with Crippen molar-refractivity contribution < 1.29 is 14.3 Å². The van der Waals surface area contributed by atoms with E-state index >= 15 is 0 Å². The molecule has 0 aliphatic rings. The summed E-state index contributed by atoms with van der Waals surface area (Å²) in [6, 6.07) is 9.16. The number of carbonyl (C=O) groups is 1. The highest BCUT2D eigenvalue weighted by molar-refractivity contribution is 5.91. The Kier molecular flexibility index (Phi) is 3.45. The van der Waals surface area contributed by atoms with Gasteiger partial charge in [0, 0.05) is 31.7 Å². The van der Waals surface area contributed by atoms with Gasteiger partial charge in [-0.2, -0.15) is 5.10 Å². The van der Waals surface area contributed by atoms with Gasteiger partial charge in [0.05, 0.1) is 5.69 Å². The molecule has 3 rings (SSSR count). The van der Waals surface area contributed by atoms with Crippen LogP contribution in [0.4, 0.5) is 0 Å². The molecule has 6 heteroatoms. The summed E-state index contributed by atoms with van der Waals surface area (Å²) in [5, 5.41) is 17.2. The van der Waals surface area contributed by atoms with Crippen LogP contribution in [0.2, 0.25) is 0 Å². The topological polar surface area (TPSA) is 80.3 Å². The van der Waals surface area contributed by atoms with E-state index in [1.807, 2.05) is 29.9 Å². The normalized spacial score (nSPS) is 11.1. The van der Waals surface area contributed by atoms with Crippen LogP contribution < -0.4 is 5.32 Å². The van der Waals surface area contributed by atoms with Crippen LogP contribution in [0.15, 0.2) is 40.9 Å². The van der Waals surface area contributed by atoms with Gasteiger partial charge in [0.2, 0.25) is 5.76 Å². The molecule has 0 spiro atoms. The average Bonchev–Trinajstić information content (AvgIpc) is 3.05. The van der Waals surface area contributed by atoms with Crippen LogP contribution in [-0.4, -0.2) is 20.9 Å². The predicted molar refractivity (Wildman–Crippen MR) is 76.9 cm³/mol. The maximum atomic E-state index is 10.9. The summed E-state index contributed by atoms with van der Waals surface area (Å²) < 4.78 is 7.06. The maximum absolute atomic E-state index is 10.9. The molecule has 0 fully saturated rings. The lowest BCUT2D eigenvalue weighted by atomic mass is 10.1. The van der Waals surface area contributed by atoms with E-state index in [1.165, 1.54) is 0 Å². The molecule has 6 nitrogen and oxygen atoms in total. The number of aromatic nitrogens is 2. The number of carboxylic acids is 1. The van der Waals surface area contributed by atoms with Crippen LogP contribution in [0.5, 0.6) is 0 Å². The minimum atomic E-state index is -1.05. The van der Waals surface area contributed by atoms with E-state index in [1.54, 1.807) is 18.3 Å². The predicted octanol–water partition coefficient (Wildman–Crippen LogP) is 2.15. The standard InChI is InChI=1S/C15H15N3O3/c1-18-12(4-5-17-18)9-16-8-10-2-3-13-11(6-10)7-14(21-13)15(19)20/h2-7,16H,8-9H2,1H3,(H,19,20). The summed E-state index contributed by atoms with van der Waals surface area (Å²) in [6.45, 7) is 1.41. The molecule has 0 radical (unpaired) electrons. The Hall–Kier alpha value is -2.60. The zero-order valence-corrected chi connectivity index (χ0v) is 11.5. The molecule has 1 aromatic carbocycles. The lowest BCUT2D eigenvalue weighted by Gasteiger charge is -2.05. The molecule has 0 amide bonds. The molecule has 2 N–H and O–H groups in total. The molecular weight excluding hydrogens is 270 g/mol. The second-order valence-electron chi connectivity index (χ2n) is 4.84. The lowest BCUT2D eigenvalue weighted by molar-refractivity contribution is 0.0665. The highest BCUT2D eigenvalue weighted by Gasteiger charge is 2.10. The second kappa shape index (κ2) is 5.41. The molecule has 0 unspecified atom stereocenters. The van der Waals surface area contributed by atoms with Crippen molar-refractivity contribution in [2.45, 2.75) is 13.1 Å². The van der Waals surface area contributed by atoms with Gasteiger partial charge in [0.1, 0.15) is 5.58 Å². The number of aromatic carboxylic acids is 1. The highest BCUT2D eigenvalue weighted by atomic mass is 16.4. The van der Waals surface area contributed by atoms with E-state index in [0.29, 0.717) is 12.1 Å². The fraction of sp³-hybridized carbons (Fsp3) is 0.200. The molecule has 0 saturated heterocycles. The van der Waals surface area contributed by atoms with Crippen LogP contribution in [-0.2, 0) is 20.1 Å². The Morgan fingerprint density at radius 3 is 2.90 bits per heavy atom. The zero-order chi connectivity index (χ0) is 14.8. The Morgan fingerprint density at radius 1 is 1.33 bits per heavy atom. The summed E-state index contributed by atoms with van der Waals surface area (Å²) in [4.78, 5) is 10.9. The number of aryl methyl sites for hydroxylation is 1. The van der Waals surface area contributed by atoms with Crippen molar-refractivity contribution in [3.05, 3.63) is 53.5 Å². The third kappa shape index (κ3) is 2.80.